The number of carbonyl (C=O) groups is 2. The van der Waals surface area contributed by atoms with Crippen molar-refractivity contribution in [2.24, 2.45) is 0 Å². The second-order valence-corrected chi connectivity index (χ2v) is 4.15. The third kappa shape index (κ3) is 3.65. The molecule has 0 aliphatic carbocycles. The lowest BCUT2D eigenvalue weighted by atomic mass is 10.3. The van der Waals surface area contributed by atoms with Crippen LogP contribution in [0.1, 0.15) is 17.4 Å². The fraction of sp³-hybridized carbons (Fsp3) is 0.133. The predicted octanol–water partition coefficient (Wildman–Crippen LogP) is 2.30. The third-order valence-electron chi connectivity index (χ3n) is 2.60. The number of hydrogen-bond acceptors (Lipinski definition) is 4. The molecule has 0 saturated heterocycles. The SMILES string of the molecule is CC(Oc1ccc(C=O)nc1)C(=O)Nc1ccccc1. The van der Waals surface area contributed by atoms with Crippen molar-refractivity contribution in [3.05, 3.63) is 54.4 Å². The van der Waals surface area contributed by atoms with Crippen molar-refractivity contribution in [3.8, 4) is 5.75 Å². The summed E-state index contributed by atoms with van der Waals surface area (Å²) in [6.07, 6.45) is 1.39. The van der Waals surface area contributed by atoms with E-state index in [1.807, 2.05) is 18.2 Å². The summed E-state index contributed by atoms with van der Waals surface area (Å²) >= 11 is 0. The Bertz CT molecular complexity index is 582. The average Bonchev–Trinajstić information content (AvgIpc) is 2.49. The van der Waals surface area contributed by atoms with Crippen LogP contribution in [0.25, 0.3) is 0 Å². The molecule has 20 heavy (non-hydrogen) atoms. The van der Waals surface area contributed by atoms with Crippen LogP contribution in [0.15, 0.2) is 48.7 Å². The number of nitrogens with one attached hydrogen (secondary N) is 1. The summed E-state index contributed by atoms with van der Waals surface area (Å²) in [7, 11) is 0. The topological polar surface area (TPSA) is 68.3 Å². The van der Waals surface area contributed by atoms with Crippen molar-refractivity contribution in [1.29, 1.82) is 0 Å². The number of aldehydes is 1. The van der Waals surface area contributed by atoms with Crippen LogP contribution in [0.2, 0.25) is 0 Å². The van der Waals surface area contributed by atoms with Crippen molar-refractivity contribution >= 4 is 17.9 Å². The number of para-hydroxylation sites is 1. The molecule has 1 unspecified atom stereocenters. The van der Waals surface area contributed by atoms with Crippen molar-refractivity contribution < 1.29 is 14.3 Å². The lowest BCUT2D eigenvalue weighted by molar-refractivity contribution is -0.122. The molecule has 0 bridgehead atoms. The van der Waals surface area contributed by atoms with Crippen LogP contribution in [0.3, 0.4) is 0 Å². The van der Waals surface area contributed by atoms with E-state index in [-0.39, 0.29) is 5.91 Å². The smallest absolute Gasteiger partial charge is 0.265 e. The minimum absolute atomic E-state index is 0.254. The summed E-state index contributed by atoms with van der Waals surface area (Å²) in [4.78, 5) is 26.3. The summed E-state index contributed by atoms with van der Waals surface area (Å²) in [5, 5.41) is 2.74. The van der Waals surface area contributed by atoms with Gasteiger partial charge >= 0.3 is 0 Å². The van der Waals surface area contributed by atoms with Crippen LogP contribution in [0, 0.1) is 0 Å². The van der Waals surface area contributed by atoms with Crippen molar-refractivity contribution in [3.63, 3.8) is 0 Å². The molecule has 1 aromatic carbocycles. The van der Waals surface area contributed by atoms with Gasteiger partial charge in [-0.1, -0.05) is 18.2 Å². The summed E-state index contributed by atoms with van der Waals surface area (Å²) in [5.74, 6) is 0.182. The number of hydrogen-bond donors (Lipinski definition) is 1. The standard InChI is InChI=1S/C15H14N2O3/c1-11(15(19)17-12-5-3-2-4-6-12)20-14-8-7-13(10-18)16-9-14/h2-11H,1H3,(H,17,19). The molecule has 0 saturated carbocycles. The molecule has 0 spiro atoms. The monoisotopic (exact) mass is 270 g/mol. The van der Waals surface area contributed by atoms with Crippen molar-refractivity contribution in [2.75, 3.05) is 5.32 Å². The van der Waals surface area contributed by atoms with Gasteiger partial charge in [0, 0.05) is 5.69 Å². The van der Waals surface area contributed by atoms with E-state index in [0.29, 0.717) is 23.4 Å². The number of nitrogens with zero attached hydrogens (tertiary/aromatic N) is 1. The van der Waals surface area contributed by atoms with Gasteiger partial charge in [0.1, 0.15) is 11.4 Å². The van der Waals surface area contributed by atoms with Gasteiger partial charge in [0.2, 0.25) is 0 Å². The Labute approximate surface area is 116 Å². The highest BCUT2D eigenvalue weighted by atomic mass is 16.5. The fourth-order valence-electron chi connectivity index (χ4n) is 1.55. The molecule has 0 radical (unpaired) electrons. The van der Waals surface area contributed by atoms with Gasteiger partial charge in [-0.05, 0) is 31.2 Å². The molecule has 5 heteroatoms. The van der Waals surface area contributed by atoms with Gasteiger partial charge in [-0.2, -0.15) is 0 Å². The molecule has 5 nitrogen and oxygen atoms in total. The lowest BCUT2D eigenvalue weighted by Crippen LogP contribution is -2.30. The molecular weight excluding hydrogens is 256 g/mol. The first kappa shape index (κ1) is 13.7. The van der Waals surface area contributed by atoms with Crippen LogP contribution < -0.4 is 10.1 Å². The first-order valence-electron chi connectivity index (χ1n) is 6.13. The highest BCUT2D eigenvalue weighted by molar-refractivity contribution is 5.94. The quantitative estimate of drug-likeness (QED) is 0.846. The normalized spacial score (nSPS) is 11.4. The van der Waals surface area contributed by atoms with Gasteiger partial charge in [-0.15, -0.1) is 0 Å². The van der Waals surface area contributed by atoms with E-state index in [1.54, 1.807) is 25.1 Å². The zero-order valence-corrected chi connectivity index (χ0v) is 10.9. The molecule has 0 aliphatic heterocycles. The van der Waals surface area contributed by atoms with Gasteiger partial charge < -0.3 is 10.1 Å². The van der Waals surface area contributed by atoms with Crippen molar-refractivity contribution in [2.45, 2.75) is 13.0 Å². The summed E-state index contributed by atoms with van der Waals surface area (Å²) < 4.78 is 5.46. The Morgan fingerprint density at radius 3 is 2.60 bits per heavy atom. The molecule has 0 aliphatic rings. The van der Waals surface area contributed by atoms with Crippen LogP contribution in [0.4, 0.5) is 5.69 Å². The van der Waals surface area contributed by atoms with Gasteiger partial charge in [0.25, 0.3) is 5.91 Å². The zero-order valence-electron chi connectivity index (χ0n) is 10.9. The number of benzene rings is 1. The highest BCUT2D eigenvalue weighted by Gasteiger charge is 2.14. The number of amides is 1. The molecule has 1 N–H and O–H groups in total. The summed E-state index contributed by atoms with van der Waals surface area (Å²) in [6.45, 7) is 1.64. The largest absolute Gasteiger partial charge is 0.479 e. The van der Waals surface area contributed by atoms with E-state index in [4.69, 9.17) is 4.74 Å². The maximum absolute atomic E-state index is 11.9. The van der Waals surface area contributed by atoms with Gasteiger partial charge in [0.15, 0.2) is 12.4 Å². The molecule has 2 rings (SSSR count). The summed E-state index contributed by atoms with van der Waals surface area (Å²) in [6, 6.07) is 12.3. The molecule has 0 fully saturated rings. The number of carbonyl (C=O) groups excluding carboxylic acids is 2. The predicted molar refractivity (Wildman–Crippen MR) is 74.8 cm³/mol. The Morgan fingerprint density at radius 2 is 2.00 bits per heavy atom. The summed E-state index contributed by atoms with van der Waals surface area (Å²) in [5.41, 5.74) is 1.03. The second kappa shape index (κ2) is 6.47. The van der Waals surface area contributed by atoms with Gasteiger partial charge in [-0.25, -0.2) is 4.98 Å². The molecule has 1 amide bonds. The number of rotatable bonds is 5. The van der Waals surface area contributed by atoms with Crippen molar-refractivity contribution in [1.82, 2.24) is 4.98 Å². The number of aromatic nitrogens is 1. The highest BCUT2D eigenvalue weighted by Crippen LogP contribution is 2.12. The number of ether oxygens (including phenoxy) is 1. The molecule has 2 aromatic rings. The van der Waals surface area contributed by atoms with Crippen LogP contribution >= 0.6 is 0 Å². The number of anilines is 1. The molecule has 102 valence electrons. The second-order valence-electron chi connectivity index (χ2n) is 4.15. The van der Waals surface area contributed by atoms with Crippen LogP contribution in [-0.2, 0) is 4.79 Å². The van der Waals surface area contributed by atoms with E-state index in [0.717, 1.165) is 0 Å². The van der Waals surface area contributed by atoms with E-state index in [9.17, 15) is 9.59 Å². The third-order valence-corrected chi connectivity index (χ3v) is 2.60. The zero-order chi connectivity index (χ0) is 14.4. The first-order chi connectivity index (χ1) is 9.69. The molecule has 1 atom stereocenters. The first-order valence-corrected chi connectivity index (χ1v) is 6.13. The Morgan fingerprint density at radius 1 is 1.25 bits per heavy atom. The maximum atomic E-state index is 11.9. The Balaban J connectivity index is 1.95. The molecular formula is C15H14N2O3. The minimum atomic E-state index is -0.668. The lowest BCUT2D eigenvalue weighted by Gasteiger charge is -2.14. The Hall–Kier alpha value is -2.69. The average molecular weight is 270 g/mol. The van der Waals surface area contributed by atoms with E-state index in [1.165, 1.54) is 12.3 Å². The van der Waals surface area contributed by atoms with E-state index in [2.05, 4.69) is 10.3 Å². The van der Waals surface area contributed by atoms with Gasteiger partial charge in [0.05, 0.1) is 6.20 Å². The van der Waals surface area contributed by atoms with E-state index >= 15 is 0 Å². The number of pyridine rings is 1. The molecule has 1 aromatic heterocycles. The van der Waals surface area contributed by atoms with Crippen LogP contribution in [0.5, 0.6) is 5.75 Å². The minimum Gasteiger partial charge on any atom is -0.479 e. The fourth-order valence-corrected chi connectivity index (χ4v) is 1.55. The van der Waals surface area contributed by atoms with E-state index < -0.39 is 6.10 Å². The molecule has 1 heterocycles. The van der Waals surface area contributed by atoms with Crippen LogP contribution in [-0.4, -0.2) is 23.3 Å². The Kier molecular flexibility index (Phi) is 4.44. The van der Waals surface area contributed by atoms with Gasteiger partial charge in [-0.3, -0.25) is 9.59 Å². The maximum Gasteiger partial charge on any atom is 0.265 e.